The maximum atomic E-state index is 12.9. The first kappa shape index (κ1) is 20.6. The van der Waals surface area contributed by atoms with Crippen LogP contribution in [0.3, 0.4) is 0 Å². The average molecular weight is 383 g/mol. The summed E-state index contributed by atoms with van der Waals surface area (Å²) < 4.78 is 1.86. The van der Waals surface area contributed by atoms with Gasteiger partial charge >= 0.3 is 0 Å². The van der Waals surface area contributed by atoms with E-state index in [1.807, 2.05) is 36.7 Å². The summed E-state index contributed by atoms with van der Waals surface area (Å²) in [6.07, 6.45) is 4.29. The molecule has 0 bridgehead atoms. The summed E-state index contributed by atoms with van der Waals surface area (Å²) in [5.41, 5.74) is 4.13. The van der Waals surface area contributed by atoms with Crippen LogP contribution in [0.4, 0.5) is 5.69 Å². The Bertz CT molecular complexity index is 772. The van der Waals surface area contributed by atoms with Crippen molar-refractivity contribution in [2.45, 2.75) is 66.0 Å². The number of piperidine rings is 1. The minimum atomic E-state index is -0.270. The molecule has 1 atom stereocenters. The Hall–Kier alpha value is -2.14. The van der Waals surface area contributed by atoms with Gasteiger partial charge in [-0.2, -0.15) is 5.10 Å². The molecule has 1 aromatic heterocycles. The van der Waals surface area contributed by atoms with Crippen molar-refractivity contribution in [2.75, 3.05) is 18.4 Å². The largest absolute Gasteiger partial charge is 0.324 e. The molecule has 1 saturated heterocycles. The van der Waals surface area contributed by atoms with E-state index in [0.29, 0.717) is 0 Å². The maximum Gasteiger partial charge on any atom is 0.249 e. The molecule has 0 saturated carbocycles. The number of carbonyl (C=O) groups is 1. The van der Waals surface area contributed by atoms with Gasteiger partial charge in [0.1, 0.15) is 6.04 Å². The van der Waals surface area contributed by atoms with Crippen LogP contribution in [0.2, 0.25) is 0 Å². The van der Waals surface area contributed by atoms with E-state index < -0.39 is 0 Å². The number of amides is 1. The fourth-order valence-corrected chi connectivity index (χ4v) is 4.00. The molecule has 2 aromatic rings. The van der Waals surface area contributed by atoms with Crippen LogP contribution in [0.1, 0.15) is 62.5 Å². The number of benzene rings is 1. The van der Waals surface area contributed by atoms with Gasteiger partial charge in [-0.1, -0.05) is 32.4 Å². The average Bonchev–Trinajstić information content (AvgIpc) is 3.01. The Morgan fingerprint density at radius 3 is 2.46 bits per heavy atom. The van der Waals surface area contributed by atoms with E-state index in [2.05, 4.69) is 41.3 Å². The molecule has 2 heterocycles. The Kier molecular flexibility index (Phi) is 6.89. The van der Waals surface area contributed by atoms with E-state index in [1.54, 1.807) is 0 Å². The number of hydrogen-bond donors (Lipinski definition) is 1. The van der Waals surface area contributed by atoms with Crippen molar-refractivity contribution in [2.24, 2.45) is 5.92 Å². The monoisotopic (exact) mass is 382 g/mol. The van der Waals surface area contributed by atoms with Gasteiger partial charge in [0.05, 0.1) is 5.69 Å². The minimum absolute atomic E-state index is 0.00539. The molecule has 1 amide bonds. The number of rotatable bonds is 7. The van der Waals surface area contributed by atoms with Gasteiger partial charge in [-0.15, -0.1) is 0 Å². The number of aryl methyl sites for hydroxylation is 2. The van der Waals surface area contributed by atoms with Gasteiger partial charge in [-0.3, -0.25) is 14.4 Å². The molecule has 5 nitrogen and oxygen atoms in total. The fourth-order valence-electron chi connectivity index (χ4n) is 4.00. The van der Waals surface area contributed by atoms with Crippen LogP contribution in [-0.4, -0.2) is 33.7 Å². The SMILES string of the molecule is CCCC(C(=O)Nc1ccc(CN2CCC(C)CC2)cc1)n1nc(C)cc1C. The lowest BCUT2D eigenvalue weighted by molar-refractivity contribution is -0.119. The lowest BCUT2D eigenvalue weighted by Gasteiger charge is -2.30. The third-order valence-corrected chi connectivity index (χ3v) is 5.71. The molecule has 1 aliphatic heterocycles. The second kappa shape index (κ2) is 9.37. The number of aromatic nitrogens is 2. The molecular formula is C23H34N4O. The van der Waals surface area contributed by atoms with E-state index in [-0.39, 0.29) is 11.9 Å². The zero-order valence-electron chi connectivity index (χ0n) is 17.7. The zero-order chi connectivity index (χ0) is 20.1. The van der Waals surface area contributed by atoms with Gasteiger partial charge < -0.3 is 5.32 Å². The van der Waals surface area contributed by atoms with E-state index in [0.717, 1.165) is 42.4 Å². The van der Waals surface area contributed by atoms with Crippen molar-refractivity contribution in [1.82, 2.24) is 14.7 Å². The third kappa shape index (κ3) is 5.22. The molecule has 28 heavy (non-hydrogen) atoms. The Morgan fingerprint density at radius 1 is 1.21 bits per heavy atom. The highest BCUT2D eigenvalue weighted by Gasteiger charge is 2.22. The van der Waals surface area contributed by atoms with Crippen molar-refractivity contribution in [3.63, 3.8) is 0 Å². The summed E-state index contributed by atoms with van der Waals surface area (Å²) in [6, 6.07) is 10.0. The first-order valence-electron chi connectivity index (χ1n) is 10.6. The predicted octanol–water partition coefficient (Wildman–Crippen LogP) is 4.71. The van der Waals surface area contributed by atoms with E-state index in [4.69, 9.17) is 0 Å². The summed E-state index contributed by atoms with van der Waals surface area (Å²) >= 11 is 0. The highest BCUT2D eigenvalue weighted by Crippen LogP contribution is 2.21. The molecule has 1 N–H and O–H groups in total. The van der Waals surface area contributed by atoms with Crippen LogP contribution in [-0.2, 0) is 11.3 Å². The van der Waals surface area contributed by atoms with Crippen LogP contribution >= 0.6 is 0 Å². The summed E-state index contributed by atoms with van der Waals surface area (Å²) in [6.45, 7) is 11.8. The zero-order valence-corrected chi connectivity index (χ0v) is 17.7. The van der Waals surface area contributed by atoms with Crippen LogP contribution < -0.4 is 5.32 Å². The molecule has 5 heteroatoms. The first-order valence-corrected chi connectivity index (χ1v) is 10.6. The third-order valence-electron chi connectivity index (χ3n) is 5.71. The first-order chi connectivity index (χ1) is 13.5. The quantitative estimate of drug-likeness (QED) is 0.754. The molecule has 0 radical (unpaired) electrons. The topological polar surface area (TPSA) is 50.2 Å². The van der Waals surface area contributed by atoms with E-state index in [1.165, 1.54) is 31.5 Å². The smallest absolute Gasteiger partial charge is 0.249 e. The Labute approximate surface area is 169 Å². The Morgan fingerprint density at radius 2 is 1.89 bits per heavy atom. The van der Waals surface area contributed by atoms with Crippen LogP contribution in [0, 0.1) is 19.8 Å². The molecule has 1 fully saturated rings. The van der Waals surface area contributed by atoms with Gasteiger partial charge in [0.2, 0.25) is 5.91 Å². The number of nitrogens with one attached hydrogen (secondary N) is 1. The molecule has 1 unspecified atom stereocenters. The molecule has 1 aromatic carbocycles. The number of hydrogen-bond acceptors (Lipinski definition) is 3. The molecule has 3 rings (SSSR count). The van der Waals surface area contributed by atoms with Gasteiger partial charge in [0, 0.05) is 17.9 Å². The van der Waals surface area contributed by atoms with Crippen LogP contribution in [0.5, 0.6) is 0 Å². The van der Waals surface area contributed by atoms with E-state index in [9.17, 15) is 4.79 Å². The van der Waals surface area contributed by atoms with Crippen molar-refractivity contribution >= 4 is 11.6 Å². The molecule has 1 aliphatic rings. The van der Waals surface area contributed by atoms with Gasteiger partial charge in [-0.05, 0) is 75.9 Å². The number of likely N-dealkylation sites (tertiary alicyclic amines) is 1. The van der Waals surface area contributed by atoms with Crippen LogP contribution in [0.25, 0.3) is 0 Å². The van der Waals surface area contributed by atoms with Gasteiger partial charge in [-0.25, -0.2) is 0 Å². The van der Waals surface area contributed by atoms with Crippen LogP contribution in [0.15, 0.2) is 30.3 Å². The highest BCUT2D eigenvalue weighted by atomic mass is 16.2. The fraction of sp³-hybridized carbons (Fsp3) is 0.565. The summed E-state index contributed by atoms with van der Waals surface area (Å²) in [5.74, 6) is 0.859. The standard InChI is InChI=1S/C23H34N4O/c1-5-6-22(27-19(4)15-18(3)25-27)23(28)24-21-9-7-20(8-10-21)16-26-13-11-17(2)12-14-26/h7-10,15,17,22H,5-6,11-14,16H2,1-4H3,(H,24,28). The molecular weight excluding hydrogens is 348 g/mol. The lowest BCUT2D eigenvalue weighted by Crippen LogP contribution is -2.32. The molecule has 152 valence electrons. The van der Waals surface area contributed by atoms with Gasteiger partial charge in [0.15, 0.2) is 0 Å². The Balaban J connectivity index is 1.62. The summed E-state index contributed by atoms with van der Waals surface area (Å²) in [4.78, 5) is 15.4. The number of carbonyl (C=O) groups excluding carboxylic acids is 1. The van der Waals surface area contributed by atoms with E-state index >= 15 is 0 Å². The summed E-state index contributed by atoms with van der Waals surface area (Å²) in [7, 11) is 0. The summed E-state index contributed by atoms with van der Waals surface area (Å²) in [5, 5.41) is 7.61. The van der Waals surface area contributed by atoms with Gasteiger partial charge in [0.25, 0.3) is 0 Å². The lowest BCUT2D eigenvalue weighted by atomic mass is 9.99. The second-order valence-electron chi connectivity index (χ2n) is 8.32. The van der Waals surface area contributed by atoms with Crippen molar-refractivity contribution < 1.29 is 4.79 Å². The van der Waals surface area contributed by atoms with Crippen molar-refractivity contribution in [1.29, 1.82) is 0 Å². The molecule has 0 aliphatic carbocycles. The second-order valence-corrected chi connectivity index (χ2v) is 8.32. The maximum absolute atomic E-state index is 12.9. The predicted molar refractivity (Wildman–Crippen MR) is 114 cm³/mol. The van der Waals surface area contributed by atoms with Crippen molar-refractivity contribution in [3.05, 3.63) is 47.3 Å². The van der Waals surface area contributed by atoms with Crippen molar-refractivity contribution in [3.8, 4) is 0 Å². The molecule has 0 spiro atoms. The number of anilines is 1. The number of nitrogens with zero attached hydrogens (tertiary/aromatic N) is 3. The highest BCUT2D eigenvalue weighted by molar-refractivity contribution is 5.93. The minimum Gasteiger partial charge on any atom is -0.324 e. The normalized spacial score (nSPS) is 16.9.